The maximum Gasteiger partial charge on any atom is 0.134 e. The zero-order chi connectivity index (χ0) is 12.8. The molecule has 1 aromatic carbocycles. The van der Waals surface area contributed by atoms with Crippen LogP contribution in [-0.2, 0) is 17.6 Å². The molecule has 0 amide bonds. The van der Waals surface area contributed by atoms with Crippen molar-refractivity contribution in [1.82, 2.24) is 0 Å². The fourth-order valence-corrected chi connectivity index (χ4v) is 2.42. The van der Waals surface area contributed by atoms with Gasteiger partial charge in [0.2, 0.25) is 0 Å². The van der Waals surface area contributed by atoms with Crippen molar-refractivity contribution in [2.45, 2.75) is 19.8 Å². The second-order valence-corrected chi connectivity index (χ2v) is 5.03. The number of thiophene rings is 1. The Labute approximate surface area is 111 Å². The Morgan fingerprint density at radius 1 is 1.17 bits per heavy atom. The fourth-order valence-electron chi connectivity index (χ4n) is 1.71. The van der Waals surface area contributed by atoms with Crippen LogP contribution in [0.1, 0.15) is 18.1 Å². The first kappa shape index (κ1) is 12.8. The molecule has 0 bridgehead atoms. The molecule has 0 aliphatic heterocycles. The minimum absolute atomic E-state index is 0.182. The molecular weight excluding hydrogens is 244 g/mol. The molecule has 0 radical (unpaired) electrons. The molecule has 2 aromatic rings. The molecule has 18 heavy (non-hydrogen) atoms. The number of rotatable bonds is 6. The quantitative estimate of drug-likeness (QED) is 0.794. The Balaban J connectivity index is 1.81. The number of Topliss-reactive ketones (excluding diaryl/α,β-unsaturated/α-hetero) is 1. The van der Waals surface area contributed by atoms with E-state index in [1.165, 1.54) is 5.56 Å². The van der Waals surface area contributed by atoms with Crippen molar-refractivity contribution in [2.24, 2.45) is 0 Å². The summed E-state index contributed by atoms with van der Waals surface area (Å²) in [5, 5.41) is 4.21. The lowest BCUT2D eigenvalue weighted by atomic mass is 10.1. The number of carbonyl (C=O) groups excluding carboxylic acids is 1. The summed E-state index contributed by atoms with van der Waals surface area (Å²) in [5.41, 5.74) is 2.35. The molecular formula is C15H16O2S. The van der Waals surface area contributed by atoms with Gasteiger partial charge in [-0.15, -0.1) is 0 Å². The molecule has 0 saturated carbocycles. The number of hydrogen-bond acceptors (Lipinski definition) is 3. The van der Waals surface area contributed by atoms with E-state index in [-0.39, 0.29) is 5.78 Å². The average Bonchev–Trinajstić information content (AvgIpc) is 2.84. The summed E-state index contributed by atoms with van der Waals surface area (Å²) < 4.78 is 5.66. The van der Waals surface area contributed by atoms with Gasteiger partial charge in [-0.2, -0.15) is 11.3 Å². The molecule has 0 atom stereocenters. The van der Waals surface area contributed by atoms with E-state index in [1.54, 1.807) is 18.3 Å². The van der Waals surface area contributed by atoms with Crippen LogP contribution in [-0.4, -0.2) is 12.4 Å². The highest BCUT2D eigenvalue weighted by atomic mass is 32.1. The van der Waals surface area contributed by atoms with Crippen molar-refractivity contribution in [3.8, 4) is 5.75 Å². The van der Waals surface area contributed by atoms with Crippen LogP contribution in [0.3, 0.4) is 0 Å². The van der Waals surface area contributed by atoms with Crippen LogP contribution >= 0.6 is 11.3 Å². The summed E-state index contributed by atoms with van der Waals surface area (Å²) in [6, 6.07) is 9.85. The van der Waals surface area contributed by atoms with E-state index in [2.05, 4.69) is 16.8 Å². The Kier molecular flexibility index (Phi) is 4.53. The van der Waals surface area contributed by atoms with Gasteiger partial charge in [0.05, 0.1) is 6.61 Å². The molecule has 2 nitrogen and oxygen atoms in total. The molecule has 2 rings (SSSR count). The van der Waals surface area contributed by atoms with Gasteiger partial charge in [0, 0.05) is 12.8 Å². The number of ketones is 1. The van der Waals surface area contributed by atoms with Crippen LogP contribution in [0.15, 0.2) is 41.1 Å². The lowest BCUT2D eigenvalue weighted by molar-refractivity contribution is -0.116. The third kappa shape index (κ3) is 4.00. The summed E-state index contributed by atoms with van der Waals surface area (Å²) >= 11 is 1.71. The summed E-state index contributed by atoms with van der Waals surface area (Å²) in [4.78, 5) is 11.0. The summed E-state index contributed by atoms with van der Waals surface area (Å²) in [5.74, 6) is 1.04. The van der Waals surface area contributed by atoms with Crippen molar-refractivity contribution >= 4 is 17.1 Å². The zero-order valence-corrected chi connectivity index (χ0v) is 11.2. The van der Waals surface area contributed by atoms with Crippen LogP contribution in [0.4, 0.5) is 0 Å². The van der Waals surface area contributed by atoms with E-state index in [0.717, 1.165) is 17.7 Å². The van der Waals surface area contributed by atoms with Crippen LogP contribution in [0, 0.1) is 0 Å². The Bertz CT molecular complexity index is 486. The highest BCUT2D eigenvalue weighted by Crippen LogP contribution is 2.14. The molecule has 0 aliphatic rings. The third-order valence-corrected chi connectivity index (χ3v) is 3.35. The zero-order valence-electron chi connectivity index (χ0n) is 10.4. The second kappa shape index (κ2) is 6.36. The van der Waals surface area contributed by atoms with Crippen molar-refractivity contribution in [3.05, 3.63) is 52.2 Å². The lowest BCUT2D eigenvalue weighted by Gasteiger charge is -2.06. The highest BCUT2D eigenvalue weighted by molar-refractivity contribution is 7.07. The third-order valence-electron chi connectivity index (χ3n) is 2.62. The van der Waals surface area contributed by atoms with Gasteiger partial charge in [0.15, 0.2) is 0 Å². The molecule has 0 spiro atoms. The maximum absolute atomic E-state index is 11.0. The molecule has 1 aromatic heterocycles. The predicted octanol–water partition coefficient (Wildman–Crippen LogP) is 3.50. The number of benzene rings is 1. The first-order valence-corrected chi connectivity index (χ1v) is 6.90. The summed E-state index contributed by atoms with van der Waals surface area (Å²) in [7, 11) is 0. The van der Waals surface area contributed by atoms with Gasteiger partial charge in [0.1, 0.15) is 11.5 Å². The second-order valence-electron chi connectivity index (χ2n) is 4.25. The minimum Gasteiger partial charge on any atom is -0.493 e. The van der Waals surface area contributed by atoms with Gasteiger partial charge in [-0.1, -0.05) is 12.1 Å². The topological polar surface area (TPSA) is 26.3 Å². The van der Waals surface area contributed by atoms with Gasteiger partial charge >= 0.3 is 0 Å². The molecule has 1 heterocycles. The largest absolute Gasteiger partial charge is 0.493 e. The van der Waals surface area contributed by atoms with Crippen molar-refractivity contribution in [3.63, 3.8) is 0 Å². The van der Waals surface area contributed by atoms with Gasteiger partial charge in [0.25, 0.3) is 0 Å². The average molecular weight is 260 g/mol. The fraction of sp³-hybridized carbons (Fsp3) is 0.267. The molecule has 0 unspecified atom stereocenters. The Morgan fingerprint density at radius 3 is 2.56 bits per heavy atom. The van der Waals surface area contributed by atoms with Crippen molar-refractivity contribution in [2.75, 3.05) is 6.61 Å². The monoisotopic (exact) mass is 260 g/mol. The number of ether oxygens (including phenoxy) is 1. The van der Waals surface area contributed by atoms with Gasteiger partial charge < -0.3 is 4.74 Å². The molecule has 0 aliphatic carbocycles. The Morgan fingerprint density at radius 2 is 1.94 bits per heavy atom. The van der Waals surface area contributed by atoms with Crippen molar-refractivity contribution in [1.29, 1.82) is 0 Å². The normalized spacial score (nSPS) is 10.3. The van der Waals surface area contributed by atoms with E-state index in [1.807, 2.05) is 24.3 Å². The van der Waals surface area contributed by atoms with E-state index in [9.17, 15) is 4.79 Å². The van der Waals surface area contributed by atoms with Gasteiger partial charge in [-0.3, -0.25) is 4.79 Å². The molecule has 0 N–H and O–H groups in total. The molecule has 3 heteroatoms. The summed E-state index contributed by atoms with van der Waals surface area (Å²) in [6.07, 6.45) is 1.42. The van der Waals surface area contributed by atoms with E-state index >= 15 is 0 Å². The van der Waals surface area contributed by atoms with E-state index in [4.69, 9.17) is 4.74 Å². The van der Waals surface area contributed by atoms with E-state index in [0.29, 0.717) is 13.0 Å². The van der Waals surface area contributed by atoms with Gasteiger partial charge in [-0.05, 0) is 47.0 Å². The van der Waals surface area contributed by atoms with Crippen LogP contribution in [0.5, 0.6) is 5.75 Å². The number of carbonyl (C=O) groups is 1. The molecule has 0 saturated heterocycles. The van der Waals surface area contributed by atoms with Gasteiger partial charge in [-0.25, -0.2) is 0 Å². The van der Waals surface area contributed by atoms with Crippen LogP contribution in [0.2, 0.25) is 0 Å². The molecule has 0 fully saturated rings. The standard InChI is InChI=1S/C15H16O2S/c1-12(16)10-13-2-4-15(5-3-13)17-8-6-14-7-9-18-11-14/h2-5,7,9,11H,6,8,10H2,1H3. The molecule has 94 valence electrons. The Hall–Kier alpha value is -1.61. The first-order valence-electron chi connectivity index (χ1n) is 5.96. The predicted molar refractivity (Wildman–Crippen MR) is 74.3 cm³/mol. The van der Waals surface area contributed by atoms with Crippen LogP contribution in [0.25, 0.3) is 0 Å². The highest BCUT2D eigenvalue weighted by Gasteiger charge is 1.99. The minimum atomic E-state index is 0.182. The smallest absolute Gasteiger partial charge is 0.134 e. The number of hydrogen-bond donors (Lipinski definition) is 0. The van der Waals surface area contributed by atoms with E-state index < -0.39 is 0 Å². The van der Waals surface area contributed by atoms with Crippen LogP contribution < -0.4 is 4.74 Å². The lowest BCUT2D eigenvalue weighted by Crippen LogP contribution is -2.01. The maximum atomic E-state index is 11.0. The first-order chi connectivity index (χ1) is 8.74. The van der Waals surface area contributed by atoms with Crippen molar-refractivity contribution < 1.29 is 9.53 Å². The summed E-state index contributed by atoms with van der Waals surface area (Å²) in [6.45, 7) is 2.29. The SMILES string of the molecule is CC(=O)Cc1ccc(OCCc2ccsc2)cc1.